The Morgan fingerprint density at radius 2 is 2.35 bits per heavy atom. The first-order valence-electron chi connectivity index (χ1n) is 6.46. The van der Waals surface area contributed by atoms with Gasteiger partial charge in [0.15, 0.2) is 0 Å². The topological polar surface area (TPSA) is 38.1 Å². The molecular weight excluding hydrogens is 214 g/mol. The maximum Gasteiger partial charge on any atom is 0.146 e. The normalized spacial score (nSPS) is 21.6. The predicted octanol–water partition coefficient (Wildman–Crippen LogP) is 1.85. The van der Waals surface area contributed by atoms with Crippen LogP contribution in [0.3, 0.4) is 0 Å². The quantitative estimate of drug-likeness (QED) is 0.799. The van der Waals surface area contributed by atoms with Crippen LogP contribution in [0.5, 0.6) is 0 Å². The van der Waals surface area contributed by atoms with E-state index in [9.17, 15) is 4.79 Å². The van der Waals surface area contributed by atoms with Crippen molar-refractivity contribution < 1.29 is 4.79 Å². The molecule has 0 amide bonds. The largest absolute Gasteiger partial charge is 0.298 e. The van der Waals surface area contributed by atoms with Gasteiger partial charge in [-0.25, -0.2) is 0 Å². The smallest absolute Gasteiger partial charge is 0.146 e. The Morgan fingerprint density at radius 1 is 1.53 bits per heavy atom. The molecule has 0 aromatic carbocycles. The summed E-state index contributed by atoms with van der Waals surface area (Å²) in [5.41, 5.74) is 1.21. The molecule has 2 rings (SSSR count). The van der Waals surface area contributed by atoms with E-state index in [1.54, 1.807) is 6.92 Å². The average Bonchev–Trinajstić information content (AvgIpc) is 2.77. The Morgan fingerprint density at radius 3 is 3.00 bits per heavy atom. The number of likely N-dealkylation sites (tertiary alicyclic amines) is 1. The summed E-state index contributed by atoms with van der Waals surface area (Å²) in [4.78, 5) is 13.9. The zero-order valence-electron chi connectivity index (χ0n) is 10.7. The molecule has 1 aliphatic rings. The molecule has 0 saturated carbocycles. The molecule has 0 spiro atoms. The number of carbonyl (C=O) groups is 1. The molecule has 0 bridgehead atoms. The Labute approximate surface area is 103 Å². The summed E-state index contributed by atoms with van der Waals surface area (Å²) in [6, 6.07) is 0.119. The van der Waals surface area contributed by atoms with E-state index >= 15 is 0 Å². The van der Waals surface area contributed by atoms with Crippen LogP contribution in [0.4, 0.5) is 0 Å². The van der Waals surface area contributed by atoms with Crippen LogP contribution < -0.4 is 0 Å². The number of hydrogen-bond donors (Lipinski definition) is 0. The fraction of sp³-hybridized carbons (Fsp3) is 0.692. The first kappa shape index (κ1) is 12.3. The highest BCUT2D eigenvalue weighted by Crippen LogP contribution is 2.20. The van der Waals surface area contributed by atoms with E-state index in [1.807, 2.05) is 10.9 Å². The van der Waals surface area contributed by atoms with Crippen molar-refractivity contribution in [3.8, 4) is 0 Å². The lowest BCUT2D eigenvalue weighted by Gasteiger charge is -2.33. The number of rotatable bonds is 4. The van der Waals surface area contributed by atoms with Gasteiger partial charge in [-0.05, 0) is 33.2 Å². The summed E-state index contributed by atoms with van der Waals surface area (Å²) in [6.07, 6.45) is 7.37. The summed E-state index contributed by atoms with van der Waals surface area (Å²) in [7, 11) is 0. The zero-order chi connectivity index (χ0) is 12.3. The molecule has 1 saturated heterocycles. The first-order valence-corrected chi connectivity index (χ1v) is 6.46. The minimum atomic E-state index is 0.119. The molecule has 1 aromatic rings. The van der Waals surface area contributed by atoms with Gasteiger partial charge >= 0.3 is 0 Å². The lowest BCUT2D eigenvalue weighted by Crippen LogP contribution is -2.43. The third-order valence-corrected chi connectivity index (χ3v) is 3.48. The number of piperidine rings is 1. The van der Waals surface area contributed by atoms with Gasteiger partial charge in [0.1, 0.15) is 5.78 Å². The molecule has 94 valence electrons. The third-order valence-electron chi connectivity index (χ3n) is 3.48. The molecule has 1 aliphatic heterocycles. The van der Waals surface area contributed by atoms with E-state index in [1.165, 1.54) is 18.4 Å². The summed E-state index contributed by atoms with van der Waals surface area (Å²) in [5.74, 6) is 0.299. The van der Waals surface area contributed by atoms with Gasteiger partial charge in [0, 0.05) is 24.8 Å². The predicted molar refractivity (Wildman–Crippen MR) is 66.6 cm³/mol. The Hall–Kier alpha value is -1.16. The highest BCUT2D eigenvalue weighted by molar-refractivity contribution is 5.81. The maximum atomic E-state index is 11.6. The van der Waals surface area contributed by atoms with Crippen molar-refractivity contribution in [2.75, 3.05) is 6.54 Å². The van der Waals surface area contributed by atoms with E-state index in [2.05, 4.69) is 23.1 Å². The number of nitrogens with zero attached hydrogens (tertiary/aromatic N) is 3. The van der Waals surface area contributed by atoms with Crippen molar-refractivity contribution in [1.82, 2.24) is 14.7 Å². The van der Waals surface area contributed by atoms with Gasteiger partial charge in [0.05, 0.1) is 12.2 Å². The van der Waals surface area contributed by atoms with Crippen LogP contribution in [0.25, 0.3) is 0 Å². The number of carbonyl (C=O) groups excluding carboxylic acids is 1. The molecule has 2 heterocycles. The van der Waals surface area contributed by atoms with Crippen LogP contribution in [0, 0.1) is 0 Å². The lowest BCUT2D eigenvalue weighted by molar-refractivity contribution is -0.123. The molecule has 17 heavy (non-hydrogen) atoms. The van der Waals surface area contributed by atoms with Gasteiger partial charge in [0.2, 0.25) is 0 Å². The molecule has 1 aromatic heterocycles. The van der Waals surface area contributed by atoms with Crippen molar-refractivity contribution in [2.45, 2.75) is 52.2 Å². The number of aryl methyl sites for hydroxylation is 1. The highest BCUT2D eigenvalue weighted by Gasteiger charge is 2.25. The van der Waals surface area contributed by atoms with E-state index in [4.69, 9.17) is 0 Å². The van der Waals surface area contributed by atoms with Crippen LogP contribution >= 0.6 is 0 Å². The Bertz CT molecular complexity index is 386. The van der Waals surface area contributed by atoms with Crippen LogP contribution in [-0.2, 0) is 17.9 Å². The fourth-order valence-corrected chi connectivity index (χ4v) is 2.54. The fourth-order valence-electron chi connectivity index (χ4n) is 2.54. The molecule has 4 nitrogen and oxygen atoms in total. The minimum Gasteiger partial charge on any atom is -0.298 e. The van der Waals surface area contributed by atoms with E-state index < -0.39 is 0 Å². The van der Waals surface area contributed by atoms with Crippen molar-refractivity contribution in [3.63, 3.8) is 0 Å². The molecule has 0 N–H and O–H groups in total. The van der Waals surface area contributed by atoms with Gasteiger partial charge < -0.3 is 0 Å². The third kappa shape index (κ3) is 2.94. The SMILES string of the molecule is CCn1cc(CN2CCCCC2C(C)=O)cn1. The van der Waals surface area contributed by atoms with E-state index in [-0.39, 0.29) is 6.04 Å². The molecule has 1 unspecified atom stereocenters. The monoisotopic (exact) mass is 235 g/mol. The zero-order valence-corrected chi connectivity index (χ0v) is 10.7. The van der Waals surface area contributed by atoms with Crippen molar-refractivity contribution >= 4 is 5.78 Å². The second kappa shape index (κ2) is 5.45. The van der Waals surface area contributed by atoms with E-state index in [0.717, 1.165) is 26.1 Å². The van der Waals surface area contributed by atoms with E-state index in [0.29, 0.717) is 5.78 Å². The molecule has 0 aliphatic carbocycles. The summed E-state index contributed by atoms with van der Waals surface area (Å²) in [6.45, 7) is 6.57. The van der Waals surface area contributed by atoms with Gasteiger partial charge in [0.25, 0.3) is 0 Å². The molecule has 0 radical (unpaired) electrons. The van der Waals surface area contributed by atoms with Crippen molar-refractivity contribution in [2.24, 2.45) is 0 Å². The number of Topliss-reactive ketones (excluding diaryl/α,β-unsaturated/α-hetero) is 1. The standard InChI is InChI=1S/C13H21N3O/c1-3-16-10-12(8-14-16)9-15-7-5-4-6-13(15)11(2)17/h8,10,13H,3-7,9H2,1-2H3. The number of ketones is 1. The first-order chi connectivity index (χ1) is 8.20. The summed E-state index contributed by atoms with van der Waals surface area (Å²) < 4.78 is 1.93. The van der Waals surface area contributed by atoms with Crippen LogP contribution in [0.15, 0.2) is 12.4 Å². The second-order valence-corrected chi connectivity index (χ2v) is 4.80. The highest BCUT2D eigenvalue weighted by atomic mass is 16.1. The molecule has 1 fully saturated rings. The van der Waals surface area contributed by atoms with Gasteiger partial charge in [-0.3, -0.25) is 14.4 Å². The van der Waals surface area contributed by atoms with Crippen LogP contribution in [0.2, 0.25) is 0 Å². The molecule has 4 heteroatoms. The maximum absolute atomic E-state index is 11.6. The average molecular weight is 235 g/mol. The Kier molecular flexibility index (Phi) is 3.94. The number of aromatic nitrogens is 2. The van der Waals surface area contributed by atoms with Crippen molar-refractivity contribution in [3.05, 3.63) is 18.0 Å². The van der Waals surface area contributed by atoms with Gasteiger partial charge in [-0.1, -0.05) is 6.42 Å². The van der Waals surface area contributed by atoms with Crippen LogP contribution in [-0.4, -0.2) is 33.1 Å². The lowest BCUT2D eigenvalue weighted by atomic mass is 9.99. The number of hydrogen-bond acceptors (Lipinski definition) is 3. The summed E-state index contributed by atoms with van der Waals surface area (Å²) >= 11 is 0. The van der Waals surface area contributed by atoms with Crippen molar-refractivity contribution in [1.29, 1.82) is 0 Å². The molecule has 1 atom stereocenters. The van der Waals surface area contributed by atoms with Gasteiger partial charge in [-0.2, -0.15) is 5.10 Å². The van der Waals surface area contributed by atoms with Crippen LogP contribution in [0.1, 0.15) is 38.7 Å². The Balaban J connectivity index is 2.02. The van der Waals surface area contributed by atoms with Gasteiger partial charge in [-0.15, -0.1) is 0 Å². The molecular formula is C13H21N3O. The summed E-state index contributed by atoms with van der Waals surface area (Å²) in [5, 5.41) is 4.28. The second-order valence-electron chi connectivity index (χ2n) is 4.80. The minimum absolute atomic E-state index is 0.119.